The molecule has 5 nitrogen and oxygen atoms in total. The summed E-state index contributed by atoms with van der Waals surface area (Å²) in [6, 6.07) is 5.41. The predicted molar refractivity (Wildman–Crippen MR) is 76.7 cm³/mol. The fraction of sp³-hybridized carbons (Fsp3) is 0.462. The molecule has 2 N–H and O–H groups in total. The average Bonchev–Trinajstić information content (AvgIpc) is 2.84. The van der Waals surface area contributed by atoms with E-state index in [1.165, 1.54) is 0 Å². The van der Waals surface area contributed by atoms with Crippen molar-refractivity contribution in [3.05, 3.63) is 23.2 Å². The molecule has 1 aromatic carbocycles. The molecular weight excluding hydrogens is 262 g/mol. The molecule has 1 aromatic heterocycles. The van der Waals surface area contributed by atoms with Crippen molar-refractivity contribution in [3.8, 4) is 11.4 Å². The highest BCUT2D eigenvalue weighted by molar-refractivity contribution is 6.33. The lowest BCUT2D eigenvalue weighted by Gasteiger charge is -2.14. The van der Waals surface area contributed by atoms with E-state index in [2.05, 4.69) is 29.4 Å². The van der Waals surface area contributed by atoms with E-state index in [1.807, 2.05) is 6.07 Å². The fourth-order valence-corrected chi connectivity index (χ4v) is 2.34. The number of hydrogen-bond donors (Lipinski definition) is 1. The first-order valence-corrected chi connectivity index (χ1v) is 6.85. The van der Waals surface area contributed by atoms with Crippen LogP contribution in [0.15, 0.2) is 18.2 Å². The molecule has 2 rings (SSSR count). The Balaban J connectivity index is 2.39. The summed E-state index contributed by atoms with van der Waals surface area (Å²) in [5.74, 6) is 1.18. The quantitative estimate of drug-likeness (QED) is 0.854. The summed E-state index contributed by atoms with van der Waals surface area (Å²) in [4.78, 5) is 0. The van der Waals surface area contributed by atoms with Gasteiger partial charge in [-0.3, -0.25) is 0 Å². The summed E-state index contributed by atoms with van der Waals surface area (Å²) in [5, 5.41) is 12.4. The lowest BCUT2D eigenvalue weighted by Crippen LogP contribution is -2.12. The van der Waals surface area contributed by atoms with E-state index in [0.717, 1.165) is 19.4 Å². The maximum absolute atomic E-state index is 6.21. The molecule has 0 unspecified atom stereocenters. The van der Waals surface area contributed by atoms with Crippen molar-refractivity contribution >= 4 is 17.3 Å². The highest BCUT2D eigenvalue weighted by atomic mass is 35.5. The van der Waals surface area contributed by atoms with Gasteiger partial charge >= 0.3 is 0 Å². The molecule has 102 valence electrons. The van der Waals surface area contributed by atoms with Gasteiger partial charge in [0.25, 0.3) is 0 Å². The first-order valence-electron chi connectivity index (χ1n) is 6.47. The van der Waals surface area contributed by atoms with Gasteiger partial charge in [0.2, 0.25) is 0 Å². The second kappa shape index (κ2) is 6.02. The van der Waals surface area contributed by atoms with Crippen LogP contribution in [0.1, 0.15) is 26.7 Å². The number of nitrogens with zero attached hydrogens (tertiary/aromatic N) is 4. The summed E-state index contributed by atoms with van der Waals surface area (Å²) >= 11 is 6.21. The molecule has 0 radical (unpaired) electrons. The van der Waals surface area contributed by atoms with E-state index in [4.69, 9.17) is 17.3 Å². The van der Waals surface area contributed by atoms with Crippen molar-refractivity contribution in [1.82, 2.24) is 20.2 Å². The number of benzene rings is 1. The Morgan fingerprint density at radius 1 is 1.32 bits per heavy atom. The zero-order valence-electron chi connectivity index (χ0n) is 11.2. The van der Waals surface area contributed by atoms with E-state index in [1.54, 1.807) is 16.8 Å². The smallest absolute Gasteiger partial charge is 0.185 e. The SMILES string of the molecule is CCC(CC)Cn1nnnc1-c1c(N)cccc1Cl. The summed E-state index contributed by atoms with van der Waals surface area (Å²) in [6.45, 7) is 5.12. The Labute approximate surface area is 117 Å². The molecular formula is C13H18ClN5. The number of hydrogen-bond acceptors (Lipinski definition) is 4. The molecule has 6 heteroatoms. The highest BCUT2D eigenvalue weighted by Crippen LogP contribution is 2.31. The number of nitrogens with two attached hydrogens (primary N) is 1. The molecule has 0 saturated carbocycles. The minimum absolute atomic E-state index is 0.547. The topological polar surface area (TPSA) is 69.6 Å². The van der Waals surface area contributed by atoms with Gasteiger partial charge in [0.15, 0.2) is 5.82 Å². The molecule has 0 saturated heterocycles. The van der Waals surface area contributed by atoms with Gasteiger partial charge in [-0.25, -0.2) is 4.68 Å². The maximum atomic E-state index is 6.21. The summed E-state index contributed by atoms with van der Waals surface area (Å²) < 4.78 is 1.79. The Bertz CT molecular complexity index is 527. The zero-order valence-corrected chi connectivity index (χ0v) is 11.9. The third-order valence-electron chi connectivity index (χ3n) is 3.39. The molecule has 0 fully saturated rings. The van der Waals surface area contributed by atoms with Crippen LogP contribution in [0.2, 0.25) is 5.02 Å². The van der Waals surface area contributed by atoms with Crippen LogP contribution in [0.4, 0.5) is 5.69 Å². The van der Waals surface area contributed by atoms with E-state index < -0.39 is 0 Å². The number of rotatable bonds is 5. The third-order valence-corrected chi connectivity index (χ3v) is 3.70. The van der Waals surface area contributed by atoms with Gasteiger partial charge in [-0.15, -0.1) is 5.10 Å². The molecule has 0 aliphatic carbocycles. The third kappa shape index (κ3) is 2.87. The molecule has 0 aliphatic heterocycles. The van der Waals surface area contributed by atoms with Crippen molar-refractivity contribution in [2.24, 2.45) is 5.92 Å². The van der Waals surface area contributed by atoms with Crippen LogP contribution in [0, 0.1) is 5.92 Å². The molecule has 0 amide bonds. The Hall–Kier alpha value is -1.62. The zero-order chi connectivity index (χ0) is 13.8. The first-order chi connectivity index (χ1) is 9.17. The van der Waals surface area contributed by atoms with Crippen molar-refractivity contribution in [3.63, 3.8) is 0 Å². The molecule has 2 aromatic rings. The first kappa shape index (κ1) is 13.8. The van der Waals surface area contributed by atoms with E-state index in [9.17, 15) is 0 Å². The van der Waals surface area contributed by atoms with Crippen LogP contribution < -0.4 is 5.73 Å². The summed E-state index contributed by atoms with van der Waals surface area (Å²) in [7, 11) is 0. The van der Waals surface area contributed by atoms with Crippen molar-refractivity contribution in [2.45, 2.75) is 33.2 Å². The van der Waals surface area contributed by atoms with Gasteiger partial charge < -0.3 is 5.73 Å². The second-order valence-corrected chi connectivity index (χ2v) is 4.98. The largest absolute Gasteiger partial charge is 0.398 e. The number of anilines is 1. The van der Waals surface area contributed by atoms with Crippen LogP contribution in [0.25, 0.3) is 11.4 Å². The minimum atomic E-state index is 0.547. The lowest BCUT2D eigenvalue weighted by molar-refractivity contribution is 0.393. The van der Waals surface area contributed by atoms with Gasteiger partial charge in [0.05, 0.1) is 10.6 Å². The Morgan fingerprint density at radius 2 is 2.05 bits per heavy atom. The maximum Gasteiger partial charge on any atom is 0.185 e. The predicted octanol–water partition coefficient (Wildman–Crippen LogP) is 3.01. The van der Waals surface area contributed by atoms with Gasteiger partial charge in [0, 0.05) is 12.2 Å². The monoisotopic (exact) mass is 279 g/mol. The minimum Gasteiger partial charge on any atom is -0.398 e. The molecule has 0 atom stereocenters. The van der Waals surface area contributed by atoms with Gasteiger partial charge in [-0.1, -0.05) is 44.4 Å². The lowest BCUT2D eigenvalue weighted by atomic mass is 10.0. The van der Waals surface area contributed by atoms with E-state index in [0.29, 0.717) is 28.0 Å². The molecule has 0 aliphatic rings. The highest BCUT2D eigenvalue weighted by Gasteiger charge is 2.17. The van der Waals surface area contributed by atoms with Crippen LogP contribution in [-0.4, -0.2) is 20.2 Å². The standard InChI is InChI=1S/C13H18ClN5/c1-3-9(4-2)8-19-13(16-17-18-19)12-10(14)6-5-7-11(12)15/h5-7,9H,3-4,8,15H2,1-2H3. The fourth-order valence-electron chi connectivity index (χ4n) is 2.07. The van der Waals surface area contributed by atoms with Gasteiger partial charge in [0.1, 0.15) is 0 Å². The van der Waals surface area contributed by atoms with Crippen LogP contribution in [0.3, 0.4) is 0 Å². The van der Waals surface area contributed by atoms with Crippen LogP contribution in [0.5, 0.6) is 0 Å². The van der Waals surface area contributed by atoms with Gasteiger partial charge in [-0.05, 0) is 28.5 Å². The van der Waals surface area contributed by atoms with Gasteiger partial charge in [-0.2, -0.15) is 0 Å². The van der Waals surface area contributed by atoms with Crippen molar-refractivity contribution in [2.75, 3.05) is 5.73 Å². The van der Waals surface area contributed by atoms with Crippen molar-refractivity contribution < 1.29 is 0 Å². The molecule has 1 heterocycles. The number of aromatic nitrogens is 4. The van der Waals surface area contributed by atoms with Crippen LogP contribution in [-0.2, 0) is 6.54 Å². The molecule has 0 bridgehead atoms. The second-order valence-electron chi connectivity index (χ2n) is 4.57. The van der Waals surface area contributed by atoms with E-state index >= 15 is 0 Å². The number of tetrazole rings is 1. The number of halogens is 1. The normalized spacial score (nSPS) is 11.2. The molecule has 0 spiro atoms. The average molecular weight is 280 g/mol. The van der Waals surface area contributed by atoms with Crippen LogP contribution >= 0.6 is 11.6 Å². The van der Waals surface area contributed by atoms with Crippen molar-refractivity contribution in [1.29, 1.82) is 0 Å². The summed E-state index contributed by atoms with van der Waals surface area (Å²) in [5.41, 5.74) is 7.28. The van der Waals surface area contributed by atoms with E-state index in [-0.39, 0.29) is 0 Å². The molecule has 19 heavy (non-hydrogen) atoms. The summed E-state index contributed by atoms with van der Waals surface area (Å²) in [6.07, 6.45) is 2.18. The number of nitrogen functional groups attached to an aromatic ring is 1. The Kier molecular flexibility index (Phi) is 4.37. The Morgan fingerprint density at radius 3 is 2.68 bits per heavy atom.